The molecule has 0 aliphatic rings. The molecule has 2 N–H and O–H groups in total. The van der Waals surface area contributed by atoms with E-state index in [1.165, 1.54) is 5.57 Å². The molecular weight excluding hydrogens is 230 g/mol. The van der Waals surface area contributed by atoms with E-state index < -0.39 is 0 Å². The number of allylic oxidation sites excluding steroid dienone is 4. The highest BCUT2D eigenvalue weighted by molar-refractivity contribution is 5.86. The molecule has 2 rings (SSSR count). The van der Waals surface area contributed by atoms with Crippen LogP contribution < -0.4 is 5.73 Å². The number of hydrogen-bond donors (Lipinski definition) is 1. The monoisotopic (exact) mass is 249 g/mol. The molecule has 0 saturated heterocycles. The van der Waals surface area contributed by atoms with Gasteiger partial charge in [-0.25, -0.2) is 0 Å². The summed E-state index contributed by atoms with van der Waals surface area (Å²) in [6.45, 7) is 4.09. The van der Waals surface area contributed by atoms with Crippen molar-refractivity contribution in [2.24, 2.45) is 0 Å². The van der Waals surface area contributed by atoms with Gasteiger partial charge in [-0.2, -0.15) is 0 Å². The Balaban J connectivity index is 2.50. The fourth-order valence-electron chi connectivity index (χ4n) is 2.11. The van der Waals surface area contributed by atoms with Crippen LogP contribution in [0.4, 0.5) is 5.69 Å². The second kappa shape index (κ2) is 6.05. The van der Waals surface area contributed by atoms with Crippen LogP contribution in [-0.4, -0.2) is 0 Å². The van der Waals surface area contributed by atoms with Gasteiger partial charge < -0.3 is 5.73 Å². The largest absolute Gasteiger partial charge is 0.398 e. The first-order chi connectivity index (χ1) is 9.24. The summed E-state index contributed by atoms with van der Waals surface area (Å²) in [6, 6.07) is 16.4. The highest BCUT2D eigenvalue weighted by Gasteiger charge is 2.07. The Bertz CT molecular complexity index is 607. The van der Waals surface area contributed by atoms with E-state index in [0.717, 1.165) is 22.4 Å². The lowest BCUT2D eigenvalue weighted by Gasteiger charge is -2.11. The number of nitrogen functional groups attached to an aromatic ring is 1. The normalized spacial score (nSPS) is 12.0. The predicted octanol–water partition coefficient (Wildman–Crippen LogP) is 4.92. The van der Waals surface area contributed by atoms with Crippen LogP contribution in [0.3, 0.4) is 0 Å². The van der Waals surface area contributed by atoms with E-state index in [-0.39, 0.29) is 0 Å². The summed E-state index contributed by atoms with van der Waals surface area (Å²) in [6.07, 6.45) is 6.13. The topological polar surface area (TPSA) is 26.0 Å². The first-order valence-electron chi connectivity index (χ1n) is 6.48. The zero-order chi connectivity index (χ0) is 13.7. The third-order valence-corrected chi connectivity index (χ3v) is 3.15. The van der Waals surface area contributed by atoms with Crippen LogP contribution in [0.25, 0.3) is 16.7 Å². The number of nitrogens with two attached hydrogens (primary N) is 1. The lowest BCUT2D eigenvalue weighted by molar-refractivity contribution is 1.54. The minimum Gasteiger partial charge on any atom is -0.398 e. The van der Waals surface area contributed by atoms with Crippen LogP contribution in [0.2, 0.25) is 0 Å². The third-order valence-electron chi connectivity index (χ3n) is 3.15. The van der Waals surface area contributed by atoms with Gasteiger partial charge in [-0.1, -0.05) is 66.8 Å². The van der Waals surface area contributed by atoms with Crippen LogP contribution in [0, 0.1) is 0 Å². The van der Waals surface area contributed by atoms with E-state index in [2.05, 4.69) is 43.3 Å². The molecular formula is C18H19N. The molecule has 0 heterocycles. The molecule has 0 radical (unpaired) electrons. The highest BCUT2D eigenvalue weighted by Crippen LogP contribution is 2.31. The van der Waals surface area contributed by atoms with Crippen molar-refractivity contribution in [2.75, 3.05) is 5.73 Å². The van der Waals surface area contributed by atoms with Gasteiger partial charge >= 0.3 is 0 Å². The molecule has 0 atom stereocenters. The first kappa shape index (κ1) is 13.2. The average Bonchev–Trinajstić information content (AvgIpc) is 2.46. The van der Waals surface area contributed by atoms with Crippen molar-refractivity contribution >= 4 is 11.3 Å². The molecule has 0 bridgehead atoms. The molecule has 0 spiro atoms. The lowest BCUT2D eigenvalue weighted by atomic mass is 9.97. The van der Waals surface area contributed by atoms with Gasteiger partial charge in [0.15, 0.2) is 0 Å². The summed E-state index contributed by atoms with van der Waals surface area (Å²) >= 11 is 0. The zero-order valence-electron chi connectivity index (χ0n) is 11.4. The lowest BCUT2D eigenvalue weighted by Crippen LogP contribution is -1.95. The Morgan fingerprint density at radius 2 is 1.74 bits per heavy atom. The maximum Gasteiger partial charge on any atom is 0.0470 e. The van der Waals surface area contributed by atoms with Crippen LogP contribution >= 0.6 is 0 Å². The second-order valence-electron chi connectivity index (χ2n) is 4.51. The van der Waals surface area contributed by atoms with E-state index in [1.807, 2.05) is 37.3 Å². The van der Waals surface area contributed by atoms with E-state index in [4.69, 9.17) is 5.73 Å². The highest BCUT2D eigenvalue weighted by atomic mass is 14.6. The molecule has 1 nitrogen and oxygen atoms in total. The van der Waals surface area contributed by atoms with Crippen molar-refractivity contribution in [3.05, 3.63) is 72.3 Å². The van der Waals surface area contributed by atoms with Gasteiger partial charge in [-0.3, -0.25) is 0 Å². The molecule has 2 aromatic rings. The Kier molecular flexibility index (Phi) is 4.19. The number of rotatable bonds is 3. The van der Waals surface area contributed by atoms with Gasteiger partial charge in [0.2, 0.25) is 0 Å². The third kappa shape index (κ3) is 2.94. The fourth-order valence-corrected chi connectivity index (χ4v) is 2.11. The minimum atomic E-state index is 0.840. The first-order valence-corrected chi connectivity index (χ1v) is 6.48. The smallest absolute Gasteiger partial charge is 0.0470 e. The Hall–Kier alpha value is -2.28. The quantitative estimate of drug-likeness (QED) is 0.606. The van der Waals surface area contributed by atoms with Crippen LogP contribution in [0.1, 0.15) is 19.4 Å². The number of para-hydroxylation sites is 1. The van der Waals surface area contributed by atoms with Gasteiger partial charge in [0.05, 0.1) is 0 Å². The minimum absolute atomic E-state index is 0.840. The molecule has 0 amide bonds. The van der Waals surface area contributed by atoms with Gasteiger partial charge in [0.1, 0.15) is 0 Å². The Labute approximate surface area is 115 Å². The molecule has 0 fully saturated rings. The molecule has 0 unspecified atom stereocenters. The Morgan fingerprint density at radius 3 is 2.42 bits per heavy atom. The van der Waals surface area contributed by atoms with Gasteiger partial charge in [0, 0.05) is 16.8 Å². The summed E-state index contributed by atoms with van der Waals surface area (Å²) in [5, 5.41) is 0. The summed E-state index contributed by atoms with van der Waals surface area (Å²) in [4.78, 5) is 0. The fraction of sp³-hybridized carbons (Fsp3) is 0.111. The Morgan fingerprint density at radius 1 is 1.00 bits per heavy atom. The molecule has 0 aliphatic carbocycles. The van der Waals surface area contributed by atoms with Crippen LogP contribution in [-0.2, 0) is 0 Å². The molecule has 0 saturated carbocycles. The molecule has 0 aromatic heterocycles. The molecule has 19 heavy (non-hydrogen) atoms. The number of benzene rings is 2. The predicted molar refractivity (Wildman–Crippen MR) is 84.8 cm³/mol. The SMILES string of the molecule is C/C=C\C=C(/C)c1cccc(-c2ccccc2)c1N. The van der Waals surface area contributed by atoms with E-state index in [0.29, 0.717) is 0 Å². The van der Waals surface area contributed by atoms with E-state index >= 15 is 0 Å². The second-order valence-corrected chi connectivity index (χ2v) is 4.51. The van der Waals surface area contributed by atoms with Crippen molar-refractivity contribution in [3.63, 3.8) is 0 Å². The summed E-state index contributed by atoms with van der Waals surface area (Å²) in [5.41, 5.74) is 11.7. The molecule has 96 valence electrons. The molecule has 1 heteroatoms. The number of hydrogen-bond acceptors (Lipinski definition) is 1. The van der Waals surface area contributed by atoms with Crippen molar-refractivity contribution in [2.45, 2.75) is 13.8 Å². The van der Waals surface area contributed by atoms with Crippen molar-refractivity contribution in [1.29, 1.82) is 0 Å². The maximum absolute atomic E-state index is 6.32. The van der Waals surface area contributed by atoms with Crippen molar-refractivity contribution in [3.8, 4) is 11.1 Å². The van der Waals surface area contributed by atoms with E-state index in [1.54, 1.807) is 0 Å². The summed E-state index contributed by atoms with van der Waals surface area (Å²) in [5.74, 6) is 0. The van der Waals surface area contributed by atoms with Crippen molar-refractivity contribution < 1.29 is 0 Å². The average molecular weight is 249 g/mol. The van der Waals surface area contributed by atoms with Crippen LogP contribution in [0.5, 0.6) is 0 Å². The molecule has 2 aromatic carbocycles. The van der Waals surface area contributed by atoms with Gasteiger partial charge in [0.25, 0.3) is 0 Å². The standard InChI is InChI=1S/C18H19N/c1-3-4-9-14(2)16-12-8-13-17(18(16)19)15-10-6-5-7-11-15/h3-13H,19H2,1-2H3/b4-3-,14-9+. The zero-order valence-corrected chi connectivity index (χ0v) is 11.4. The number of anilines is 1. The van der Waals surface area contributed by atoms with E-state index in [9.17, 15) is 0 Å². The van der Waals surface area contributed by atoms with Crippen molar-refractivity contribution in [1.82, 2.24) is 0 Å². The van der Waals surface area contributed by atoms with Gasteiger partial charge in [-0.15, -0.1) is 0 Å². The molecule has 0 aliphatic heterocycles. The summed E-state index contributed by atoms with van der Waals surface area (Å²) in [7, 11) is 0. The maximum atomic E-state index is 6.32. The van der Waals surface area contributed by atoms with Gasteiger partial charge in [-0.05, 0) is 25.0 Å². The summed E-state index contributed by atoms with van der Waals surface area (Å²) < 4.78 is 0. The van der Waals surface area contributed by atoms with Crippen LogP contribution in [0.15, 0.2) is 66.8 Å².